The predicted octanol–water partition coefficient (Wildman–Crippen LogP) is 2.51. The Balaban J connectivity index is 1.78. The molecule has 0 unspecified atom stereocenters. The number of nitrogens with two attached hydrogens (primary N) is 1. The number of benzene rings is 1. The summed E-state index contributed by atoms with van der Waals surface area (Å²) in [7, 11) is 0. The number of thioether (sulfide) groups is 1. The van der Waals surface area contributed by atoms with Crippen LogP contribution >= 0.6 is 11.8 Å². The number of nitrogens with zero attached hydrogens (tertiary/aromatic N) is 1. The van der Waals surface area contributed by atoms with Crippen molar-refractivity contribution in [2.45, 2.75) is 36.6 Å². The third-order valence-electron chi connectivity index (χ3n) is 3.58. The maximum Gasteiger partial charge on any atom is 0.218 e. The Morgan fingerprint density at radius 3 is 2.84 bits per heavy atom. The highest BCUT2D eigenvalue weighted by molar-refractivity contribution is 7.99. The van der Waals surface area contributed by atoms with E-state index in [1.54, 1.807) is 0 Å². The van der Waals surface area contributed by atoms with Gasteiger partial charge in [0.1, 0.15) is 0 Å². The van der Waals surface area contributed by atoms with E-state index in [-0.39, 0.29) is 5.91 Å². The summed E-state index contributed by atoms with van der Waals surface area (Å²) in [4.78, 5) is 14.8. The van der Waals surface area contributed by atoms with Crippen molar-refractivity contribution in [3.8, 4) is 0 Å². The minimum Gasteiger partial charge on any atom is -0.370 e. The van der Waals surface area contributed by atoms with Gasteiger partial charge in [0.05, 0.1) is 0 Å². The second-order valence-electron chi connectivity index (χ2n) is 5.02. The lowest BCUT2D eigenvalue weighted by Gasteiger charge is -2.35. The van der Waals surface area contributed by atoms with Gasteiger partial charge >= 0.3 is 0 Å². The van der Waals surface area contributed by atoms with E-state index in [1.807, 2.05) is 17.8 Å². The van der Waals surface area contributed by atoms with Gasteiger partial charge in [-0.2, -0.15) is 0 Å². The van der Waals surface area contributed by atoms with Crippen LogP contribution < -0.4 is 5.73 Å². The molecule has 1 aliphatic heterocycles. The lowest BCUT2D eigenvalue weighted by Crippen LogP contribution is -2.42. The molecule has 104 valence electrons. The molecule has 1 aliphatic rings. The predicted molar refractivity (Wildman–Crippen MR) is 80.2 cm³/mol. The fourth-order valence-electron chi connectivity index (χ4n) is 2.62. The molecule has 19 heavy (non-hydrogen) atoms. The van der Waals surface area contributed by atoms with Crippen molar-refractivity contribution in [3.63, 3.8) is 0 Å². The lowest BCUT2D eigenvalue weighted by molar-refractivity contribution is -0.119. The summed E-state index contributed by atoms with van der Waals surface area (Å²) >= 11 is 1.88. The number of carbonyl (C=O) groups excluding carboxylic acids is 1. The molecule has 1 amide bonds. The van der Waals surface area contributed by atoms with Crippen molar-refractivity contribution >= 4 is 17.7 Å². The normalized spacial score (nSPS) is 20.3. The quantitative estimate of drug-likeness (QED) is 0.813. The summed E-state index contributed by atoms with van der Waals surface area (Å²) in [5, 5.41) is 0. The number of hydrogen-bond acceptors (Lipinski definition) is 3. The first-order valence-corrected chi connectivity index (χ1v) is 7.94. The molecule has 0 radical (unpaired) electrons. The van der Waals surface area contributed by atoms with Gasteiger partial charge in [0, 0.05) is 29.7 Å². The van der Waals surface area contributed by atoms with Gasteiger partial charge in [-0.3, -0.25) is 9.69 Å². The van der Waals surface area contributed by atoms with E-state index in [4.69, 9.17) is 5.73 Å². The topological polar surface area (TPSA) is 46.3 Å². The van der Waals surface area contributed by atoms with Crippen LogP contribution in [0, 0.1) is 0 Å². The molecule has 4 heteroatoms. The number of hydrogen-bond donors (Lipinski definition) is 1. The Labute approximate surface area is 119 Å². The summed E-state index contributed by atoms with van der Waals surface area (Å²) in [5.41, 5.74) is 5.33. The fourth-order valence-corrected chi connectivity index (χ4v) is 3.53. The van der Waals surface area contributed by atoms with Crippen molar-refractivity contribution in [3.05, 3.63) is 30.3 Å². The van der Waals surface area contributed by atoms with Crippen molar-refractivity contribution in [1.82, 2.24) is 4.90 Å². The second kappa shape index (κ2) is 7.56. The summed E-state index contributed by atoms with van der Waals surface area (Å²) in [6, 6.07) is 10.8. The molecular weight excluding hydrogens is 256 g/mol. The minimum atomic E-state index is -0.174. The van der Waals surface area contributed by atoms with Crippen molar-refractivity contribution < 1.29 is 4.79 Å². The maximum absolute atomic E-state index is 11.1. The number of amides is 1. The highest BCUT2D eigenvalue weighted by Crippen LogP contribution is 2.22. The monoisotopic (exact) mass is 278 g/mol. The van der Waals surface area contributed by atoms with Gasteiger partial charge in [-0.05, 0) is 31.5 Å². The summed E-state index contributed by atoms with van der Waals surface area (Å²) in [5.74, 6) is 0.895. The SMILES string of the molecule is NC(=O)C[C@@H]1CCCCN1CCSc1ccccc1. The third-order valence-corrected chi connectivity index (χ3v) is 4.57. The van der Waals surface area contributed by atoms with Crippen LogP contribution in [0.4, 0.5) is 0 Å². The second-order valence-corrected chi connectivity index (χ2v) is 6.19. The summed E-state index contributed by atoms with van der Waals surface area (Å²) in [6.45, 7) is 2.14. The van der Waals surface area contributed by atoms with Crippen molar-refractivity contribution in [1.29, 1.82) is 0 Å². The Morgan fingerprint density at radius 2 is 2.11 bits per heavy atom. The Kier molecular flexibility index (Phi) is 5.73. The molecule has 1 aromatic carbocycles. The van der Waals surface area contributed by atoms with Gasteiger partial charge < -0.3 is 5.73 Å². The number of piperidine rings is 1. The molecule has 0 saturated carbocycles. The minimum absolute atomic E-state index is 0.174. The first kappa shape index (κ1) is 14.4. The highest BCUT2D eigenvalue weighted by atomic mass is 32.2. The Hall–Kier alpha value is -1.00. The van der Waals surface area contributed by atoms with Gasteiger partial charge in [0.2, 0.25) is 5.91 Å². The van der Waals surface area contributed by atoms with Gasteiger partial charge in [0.15, 0.2) is 0 Å². The Morgan fingerprint density at radius 1 is 1.32 bits per heavy atom. The van der Waals surface area contributed by atoms with E-state index in [9.17, 15) is 4.79 Å². The molecule has 0 spiro atoms. The number of likely N-dealkylation sites (tertiary alicyclic amines) is 1. The van der Waals surface area contributed by atoms with Crippen LogP contribution in [0.1, 0.15) is 25.7 Å². The fraction of sp³-hybridized carbons (Fsp3) is 0.533. The molecule has 1 aromatic rings. The summed E-state index contributed by atoms with van der Waals surface area (Å²) in [6.07, 6.45) is 4.08. The molecule has 2 N–H and O–H groups in total. The molecule has 0 aromatic heterocycles. The molecule has 1 atom stereocenters. The van der Waals surface area contributed by atoms with E-state index in [1.165, 1.54) is 17.7 Å². The average Bonchev–Trinajstić information content (AvgIpc) is 2.41. The lowest BCUT2D eigenvalue weighted by atomic mass is 9.99. The molecular formula is C15H22N2OS. The zero-order chi connectivity index (χ0) is 13.5. The number of carbonyl (C=O) groups is 1. The molecule has 1 saturated heterocycles. The van der Waals surface area contributed by atoms with Crippen molar-refractivity contribution in [2.75, 3.05) is 18.8 Å². The van der Waals surface area contributed by atoms with E-state index in [0.717, 1.165) is 25.3 Å². The van der Waals surface area contributed by atoms with E-state index in [0.29, 0.717) is 12.5 Å². The molecule has 1 heterocycles. The van der Waals surface area contributed by atoms with Crippen LogP contribution in [-0.4, -0.2) is 35.7 Å². The first-order valence-electron chi connectivity index (χ1n) is 6.96. The van der Waals surface area contributed by atoms with Crippen molar-refractivity contribution in [2.24, 2.45) is 5.73 Å². The molecule has 1 fully saturated rings. The van der Waals surface area contributed by atoms with E-state index >= 15 is 0 Å². The van der Waals surface area contributed by atoms with Crippen LogP contribution in [0.5, 0.6) is 0 Å². The zero-order valence-corrected chi connectivity index (χ0v) is 12.1. The third kappa shape index (κ3) is 4.88. The van der Waals surface area contributed by atoms with Crippen LogP contribution in [0.15, 0.2) is 35.2 Å². The average molecular weight is 278 g/mol. The molecule has 3 nitrogen and oxygen atoms in total. The van der Waals surface area contributed by atoms with Crippen LogP contribution in [-0.2, 0) is 4.79 Å². The molecule has 0 bridgehead atoms. The maximum atomic E-state index is 11.1. The van der Waals surface area contributed by atoms with Gasteiger partial charge in [0.25, 0.3) is 0 Å². The van der Waals surface area contributed by atoms with Gasteiger partial charge in [-0.25, -0.2) is 0 Å². The van der Waals surface area contributed by atoms with Crippen LogP contribution in [0.25, 0.3) is 0 Å². The largest absolute Gasteiger partial charge is 0.370 e. The molecule has 0 aliphatic carbocycles. The standard InChI is InChI=1S/C15H22N2OS/c16-15(18)12-13-6-4-5-9-17(13)10-11-19-14-7-2-1-3-8-14/h1-3,7-8,13H,4-6,9-12H2,(H2,16,18)/t13-/m0/s1. The van der Waals surface area contributed by atoms with E-state index < -0.39 is 0 Å². The van der Waals surface area contributed by atoms with E-state index in [2.05, 4.69) is 29.2 Å². The van der Waals surface area contributed by atoms with Gasteiger partial charge in [-0.15, -0.1) is 11.8 Å². The highest BCUT2D eigenvalue weighted by Gasteiger charge is 2.23. The smallest absolute Gasteiger partial charge is 0.218 e. The van der Waals surface area contributed by atoms with Crippen LogP contribution in [0.2, 0.25) is 0 Å². The molecule has 2 rings (SSSR count). The van der Waals surface area contributed by atoms with Gasteiger partial charge in [-0.1, -0.05) is 24.6 Å². The van der Waals surface area contributed by atoms with Crippen LogP contribution in [0.3, 0.4) is 0 Å². The first-order chi connectivity index (χ1) is 9.25. The zero-order valence-electron chi connectivity index (χ0n) is 11.3. The summed E-state index contributed by atoms with van der Waals surface area (Å²) < 4.78 is 0. The number of primary amides is 1. The number of rotatable bonds is 6. The Bertz CT molecular complexity index is 396.